The van der Waals surface area contributed by atoms with Gasteiger partial charge in [-0.3, -0.25) is 0 Å². The van der Waals surface area contributed by atoms with Crippen LogP contribution in [-0.4, -0.2) is 23.1 Å². The molecule has 0 amide bonds. The predicted molar refractivity (Wildman–Crippen MR) is 51.0 cm³/mol. The first-order valence-electron chi connectivity index (χ1n) is 4.78. The molecule has 0 aromatic carbocycles. The van der Waals surface area contributed by atoms with Crippen molar-refractivity contribution in [2.75, 3.05) is 13.1 Å². The van der Waals surface area contributed by atoms with Crippen LogP contribution < -0.4 is 5.32 Å². The fourth-order valence-corrected chi connectivity index (χ4v) is 1.62. The highest BCUT2D eigenvalue weighted by molar-refractivity contribution is 5.04. The van der Waals surface area contributed by atoms with Crippen LogP contribution in [0.5, 0.6) is 0 Å². The Hall–Kier alpha value is -0.960. The number of hydrogen-bond acceptors (Lipinski definition) is 3. The molecule has 1 aromatic heterocycles. The average Bonchev–Trinajstić information content (AvgIpc) is 2.21. The van der Waals surface area contributed by atoms with Crippen LogP contribution in [0.1, 0.15) is 18.7 Å². The Bertz CT molecular complexity index is 242. The normalized spacial score (nSPS) is 18.8. The molecule has 0 spiro atoms. The molecule has 1 N–H and O–H groups in total. The van der Waals surface area contributed by atoms with Gasteiger partial charge in [-0.05, 0) is 37.9 Å². The van der Waals surface area contributed by atoms with Crippen LogP contribution >= 0.6 is 0 Å². The summed E-state index contributed by atoms with van der Waals surface area (Å²) in [5.41, 5.74) is 0. The lowest BCUT2D eigenvalue weighted by molar-refractivity contribution is 0.417. The van der Waals surface area contributed by atoms with Crippen molar-refractivity contribution in [3.05, 3.63) is 30.7 Å². The molecular weight excluding hydrogens is 162 g/mol. The minimum Gasteiger partial charge on any atom is -0.317 e. The molecule has 0 aliphatic carbocycles. The molecule has 1 aliphatic heterocycles. The number of hydrogen-bond donors (Lipinski definition) is 1. The zero-order chi connectivity index (χ0) is 8.93. The largest absolute Gasteiger partial charge is 0.317 e. The Morgan fingerprint density at radius 3 is 2.62 bits per heavy atom. The van der Waals surface area contributed by atoms with Crippen LogP contribution in [0.25, 0.3) is 0 Å². The lowest BCUT2D eigenvalue weighted by atomic mass is 9.94. The van der Waals surface area contributed by atoms with Crippen molar-refractivity contribution < 1.29 is 0 Å². The molecule has 0 saturated carbocycles. The van der Waals surface area contributed by atoms with Gasteiger partial charge in [0.1, 0.15) is 5.82 Å². The van der Waals surface area contributed by atoms with Gasteiger partial charge in [-0.15, -0.1) is 0 Å². The third-order valence-electron chi connectivity index (χ3n) is 2.35. The summed E-state index contributed by atoms with van der Waals surface area (Å²) in [6.07, 6.45) is 8.18. The van der Waals surface area contributed by atoms with Crippen LogP contribution in [0.3, 0.4) is 0 Å². The zero-order valence-electron chi connectivity index (χ0n) is 7.61. The van der Waals surface area contributed by atoms with Crippen molar-refractivity contribution >= 4 is 0 Å². The summed E-state index contributed by atoms with van der Waals surface area (Å²) in [4.78, 5) is 8.37. The molecule has 2 heterocycles. The number of nitrogens with zero attached hydrogens (tertiary/aromatic N) is 2. The van der Waals surface area contributed by atoms with E-state index >= 15 is 0 Å². The van der Waals surface area contributed by atoms with Crippen LogP contribution in [0, 0.1) is 12.3 Å². The third-order valence-corrected chi connectivity index (χ3v) is 2.35. The first-order valence-corrected chi connectivity index (χ1v) is 4.78. The molecule has 3 heteroatoms. The van der Waals surface area contributed by atoms with Gasteiger partial charge in [0.05, 0.1) is 0 Å². The summed E-state index contributed by atoms with van der Waals surface area (Å²) >= 11 is 0. The van der Waals surface area contributed by atoms with Crippen molar-refractivity contribution in [2.45, 2.75) is 12.8 Å². The lowest BCUT2D eigenvalue weighted by Gasteiger charge is -2.21. The van der Waals surface area contributed by atoms with Crippen LogP contribution in [0.15, 0.2) is 18.5 Å². The van der Waals surface area contributed by atoms with E-state index in [9.17, 15) is 0 Å². The van der Waals surface area contributed by atoms with E-state index in [1.54, 1.807) is 12.4 Å². The van der Waals surface area contributed by atoms with Gasteiger partial charge < -0.3 is 5.32 Å². The summed E-state index contributed by atoms with van der Waals surface area (Å²) < 4.78 is 0. The molecule has 13 heavy (non-hydrogen) atoms. The monoisotopic (exact) mass is 176 g/mol. The molecule has 0 unspecified atom stereocenters. The second-order valence-corrected chi connectivity index (χ2v) is 3.36. The average molecular weight is 176 g/mol. The van der Waals surface area contributed by atoms with E-state index in [2.05, 4.69) is 21.7 Å². The van der Waals surface area contributed by atoms with Crippen molar-refractivity contribution in [1.82, 2.24) is 15.3 Å². The standard InChI is InChI=1S/C10H14N3/c1-4-12-10(13-5-1)8-9-2-6-11-7-3-9/h1,4-5,8-9,11H,2-3,6-7H2. The van der Waals surface area contributed by atoms with Gasteiger partial charge >= 0.3 is 0 Å². The van der Waals surface area contributed by atoms with Gasteiger partial charge in [0.2, 0.25) is 0 Å². The Labute approximate surface area is 78.6 Å². The Balaban J connectivity index is 1.90. The summed E-state index contributed by atoms with van der Waals surface area (Å²) in [7, 11) is 0. The first-order chi connectivity index (χ1) is 6.45. The molecule has 1 aliphatic rings. The molecule has 1 fully saturated rings. The molecule has 1 aromatic rings. The maximum atomic E-state index is 4.19. The Morgan fingerprint density at radius 2 is 1.92 bits per heavy atom. The van der Waals surface area contributed by atoms with Crippen LogP contribution in [0.2, 0.25) is 0 Å². The Morgan fingerprint density at radius 1 is 1.23 bits per heavy atom. The number of nitrogens with one attached hydrogen (secondary N) is 1. The van der Waals surface area contributed by atoms with Gasteiger partial charge in [0.15, 0.2) is 0 Å². The quantitative estimate of drug-likeness (QED) is 0.731. The van der Waals surface area contributed by atoms with Gasteiger partial charge in [-0.2, -0.15) is 0 Å². The van der Waals surface area contributed by atoms with Crippen LogP contribution in [-0.2, 0) is 0 Å². The maximum absolute atomic E-state index is 4.19. The number of rotatable bonds is 2. The van der Waals surface area contributed by atoms with E-state index in [4.69, 9.17) is 0 Å². The minimum absolute atomic E-state index is 0.656. The van der Waals surface area contributed by atoms with Crippen molar-refractivity contribution in [3.63, 3.8) is 0 Å². The highest BCUT2D eigenvalue weighted by atomic mass is 14.9. The number of aromatic nitrogens is 2. The van der Waals surface area contributed by atoms with Crippen molar-refractivity contribution in [2.24, 2.45) is 5.92 Å². The fourth-order valence-electron chi connectivity index (χ4n) is 1.62. The second-order valence-electron chi connectivity index (χ2n) is 3.36. The molecule has 1 radical (unpaired) electrons. The van der Waals surface area contributed by atoms with E-state index in [0.717, 1.165) is 18.9 Å². The van der Waals surface area contributed by atoms with E-state index < -0.39 is 0 Å². The summed E-state index contributed by atoms with van der Waals surface area (Å²) in [6, 6.07) is 1.85. The first kappa shape index (κ1) is 8.63. The Kier molecular flexibility index (Phi) is 2.87. The molecule has 1 saturated heterocycles. The zero-order valence-corrected chi connectivity index (χ0v) is 7.61. The highest BCUT2D eigenvalue weighted by Gasteiger charge is 2.14. The molecule has 0 bridgehead atoms. The van der Waals surface area contributed by atoms with Crippen molar-refractivity contribution in [3.8, 4) is 0 Å². The molecular formula is C10H14N3. The highest BCUT2D eigenvalue weighted by Crippen LogP contribution is 2.17. The van der Waals surface area contributed by atoms with Gasteiger partial charge in [0.25, 0.3) is 0 Å². The fraction of sp³-hybridized carbons (Fsp3) is 0.500. The molecule has 0 atom stereocenters. The molecule has 2 rings (SSSR count). The molecule has 69 valence electrons. The minimum atomic E-state index is 0.656. The van der Waals surface area contributed by atoms with Crippen LogP contribution in [0.4, 0.5) is 0 Å². The second kappa shape index (κ2) is 4.33. The summed E-state index contributed by atoms with van der Waals surface area (Å²) in [5, 5.41) is 3.34. The predicted octanol–water partition coefficient (Wildman–Crippen LogP) is 1.03. The van der Waals surface area contributed by atoms with Gasteiger partial charge in [-0.1, -0.05) is 0 Å². The molecule has 3 nitrogen and oxygen atoms in total. The van der Waals surface area contributed by atoms with Gasteiger partial charge in [0, 0.05) is 18.8 Å². The van der Waals surface area contributed by atoms with E-state index in [-0.39, 0.29) is 0 Å². The van der Waals surface area contributed by atoms with Crippen molar-refractivity contribution in [1.29, 1.82) is 0 Å². The maximum Gasteiger partial charge on any atom is 0.132 e. The topological polar surface area (TPSA) is 37.8 Å². The smallest absolute Gasteiger partial charge is 0.132 e. The number of piperidine rings is 1. The third kappa shape index (κ3) is 2.49. The van der Waals surface area contributed by atoms with E-state index in [0.29, 0.717) is 5.92 Å². The SMILES string of the molecule is [CH](c1ncccn1)C1CCNCC1. The van der Waals surface area contributed by atoms with E-state index in [1.807, 2.05) is 6.07 Å². The van der Waals surface area contributed by atoms with Gasteiger partial charge in [-0.25, -0.2) is 9.97 Å². The lowest BCUT2D eigenvalue weighted by Crippen LogP contribution is -2.28. The van der Waals surface area contributed by atoms with E-state index in [1.165, 1.54) is 12.8 Å². The summed E-state index contributed by atoms with van der Waals surface area (Å²) in [6.45, 7) is 2.24. The summed E-state index contributed by atoms with van der Waals surface area (Å²) in [5.74, 6) is 1.53.